The Morgan fingerprint density at radius 3 is 2.68 bits per heavy atom. The van der Waals surface area contributed by atoms with Crippen molar-refractivity contribution >= 4 is 27.2 Å². The Labute approximate surface area is 116 Å². The van der Waals surface area contributed by atoms with Crippen molar-refractivity contribution in [1.29, 1.82) is 0 Å². The maximum Gasteiger partial charge on any atom is 0.114 e. The topological polar surface area (TPSA) is 51.8 Å². The standard InChI is InChI=1S/C15H15N3S/c1-9(2)15-18-13(14(16)19-15)11-7-3-5-10-6-4-8-17-12(10)11/h3-9H,16H2,1-2H3. The van der Waals surface area contributed by atoms with Gasteiger partial charge in [-0.25, -0.2) is 4.98 Å². The van der Waals surface area contributed by atoms with Gasteiger partial charge in [-0.3, -0.25) is 4.98 Å². The summed E-state index contributed by atoms with van der Waals surface area (Å²) in [6.45, 7) is 4.26. The van der Waals surface area contributed by atoms with E-state index >= 15 is 0 Å². The minimum Gasteiger partial charge on any atom is -0.389 e. The molecule has 2 N–H and O–H groups in total. The highest BCUT2D eigenvalue weighted by Crippen LogP contribution is 2.36. The first-order valence-electron chi connectivity index (χ1n) is 6.27. The minimum absolute atomic E-state index is 0.393. The number of hydrogen-bond donors (Lipinski definition) is 1. The third-order valence-electron chi connectivity index (χ3n) is 3.05. The molecule has 0 atom stereocenters. The molecular formula is C15H15N3S. The van der Waals surface area contributed by atoms with Crippen LogP contribution in [0.5, 0.6) is 0 Å². The maximum absolute atomic E-state index is 6.13. The molecule has 0 saturated carbocycles. The molecule has 0 aliphatic carbocycles. The van der Waals surface area contributed by atoms with Gasteiger partial charge in [0, 0.05) is 23.1 Å². The van der Waals surface area contributed by atoms with Gasteiger partial charge in [-0.1, -0.05) is 38.1 Å². The summed E-state index contributed by atoms with van der Waals surface area (Å²) in [7, 11) is 0. The molecule has 3 rings (SSSR count). The Morgan fingerprint density at radius 1 is 1.16 bits per heavy atom. The largest absolute Gasteiger partial charge is 0.389 e. The first-order chi connectivity index (χ1) is 9.16. The van der Waals surface area contributed by atoms with Gasteiger partial charge in [0.2, 0.25) is 0 Å². The smallest absolute Gasteiger partial charge is 0.114 e. The van der Waals surface area contributed by atoms with Crippen LogP contribution in [0.25, 0.3) is 22.2 Å². The second kappa shape index (κ2) is 4.63. The first-order valence-corrected chi connectivity index (χ1v) is 7.09. The van der Waals surface area contributed by atoms with Crippen LogP contribution in [0.3, 0.4) is 0 Å². The van der Waals surface area contributed by atoms with Crippen LogP contribution in [0.2, 0.25) is 0 Å². The number of aromatic nitrogens is 2. The average molecular weight is 269 g/mol. The number of para-hydroxylation sites is 1. The lowest BCUT2D eigenvalue weighted by atomic mass is 10.1. The van der Waals surface area contributed by atoms with Crippen LogP contribution >= 0.6 is 11.3 Å². The van der Waals surface area contributed by atoms with E-state index in [2.05, 4.69) is 35.9 Å². The molecule has 0 amide bonds. The molecular weight excluding hydrogens is 254 g/mol. The molecule has 19 heavy (non-hydrogen) atoms. The van der Waals surface area contributed by atoms with E-state index in [1.807, 2.05) is 18.2 Å². The number of rotatable bonds is 2. The normalized spacial score (nSPS) is 11.3. The van der Waals surface area contributed by atoms with Crippen LogP contribution in [0.4, 0.5) is 5.00 Å². The molecule has 3 nitrogen and oxygen atoms in total. The van der Waals surface area contributed by atoms with Crippen molar-refractivity contribution < 1.29 is 0 Å². The fourth-order valence-corrected chi connectivity index (χ4v) is 2.93. The number of nitrogens with two attached hydrogens (primary N) is 1. The zero-order chi connectivity index (χ0) is 13.4. The van der Waals surface area contributed by atoms with Crippen LogP contribution < -0.4 is 5.73 Å². The minimum atomic E-state index is 0.393. The van der Waals surface area contributed by atoms with Crippen LogP contribution in [0.1, 0.15) is 24.8 Å². The molecule has 0 saturated heterocycles. The third kappa shape index (κ3) is 2.08. The number of thiazole rings is 1. The summed E-state index contributed by atoms with van der Waals surface area (Å²) in [5.41, 5.74) is 8.96. The van der Waals surface area contributed by atoms with Crippen molar-refractivity contribution in [2.45, 2.75) is 19.8 Å². The number of benzene rings is 1. The molecule has 0 radical (unpaired) electrons. The van der Waals surface area contributed by atoms with Gasteiger partial charge in [0.25, 0.3) is 0 Å². The quantitative estimate of drug-likeness (QED) is 0.763. The molecule has 4 heteroatoms. The lowest BCUT2D eigenvalue weighted by Gasteiger charge is -2.03. The summed E-state index contributed by atoms with van der Waals surface area (Å²) in [5.74, 6) is 0.393. The number of fused-ring (bicyclic) bond motifs is 1. The second-order valence-electron chi connectivity index (χ2n) is 4.80. The summed E-state index contributed by atoms with van der Waals surface area (Å²) in [4.78, 5) is 9.15. The molecule has 3 aromatic rings. The zero-order valence-corrected chi connectivity index (χ0v) is 11.7. The van der Waals surface area contributed by atoms with E-state index in [9.17, 15) is 0 Å². The van der Waals surface area contributed by atoms with Crippen LogP contribution in [-0.4, -0.2) is 9.97 Å². The van der Waals surface area contributed by atoms with Crippen LogP contribution in [-0.2, 0) is 0 Å². The number of hydrogen-bond acceptors (Lipinski definition) is 4. The SMILES string of the molecule is CC(C)c1nc(-c2cccc3cccnc23)c(N)s1. The third-order valence-corrected chi connectivity index (χ3v) is 4.24. The van der Waals surface area contributed by atoms with Gasteiger partial charge in [-0.2, -0.15) is 0 Å². The highest BCUT2D eigenvalue weighted by Gasteiger charge is 2.15. The van der Waals surface area contributed by atoms with E-state index < -0.39 is 0 Å². The maximum atomic E-state index is 6.13. The van der Waals surface area contributed by atoms with Crippen molar-refractivity contribution in [3.05, 3.63) is 41.5 Å². The Kier molecular flexibility index (Phi) is 2.95. The number of nitrogen functional groups attached to an aromatic ring is 1. The summed E-state index contributed by atoms with van der Waals surface area (Å²) in [6, 6.07) is 10.1. The molecule has 2 aromatic heterocycles. The molecule has 0 unspecified atom stereocenters. The predicted octanol–water partition coefficient (Wildman–Crippen LogP) is 4.06. The molecule has 0 spiro atoms. The molecule has 2 heterocycles. The monoisotopic (exact) mass is 269 g/mol. The van der Waals surface area contributed by atoms with Gasteiger partial charge in [-0.15, -0.1) is 11.3 Å². The van der Waals surface area contributed by atoms with E-state index in [1.54, 1.807) is 17.5 Å². The van der Waals surface area contributed by atoms with Crippen LogP contribution in [0.15, 0.2) is 36.5 Å². The van der Waals surface area contributed by atoms with Gasteiger partial charge in [0.15, 0.2) is 0 Å². The van der Waals surface area contributed by atoms with Crippen molar-refractivity contribution in [3.63, 3.8) is 0 Å². The molecule has 0 aliphatic heterocycles. The van der Waals surface area contributed by atoms with Gasteiger partial charge in [0.1, 0.15) is 10.7 Å². The van der Waals surface area contributed by atoms with Crippen molar-refractivity contribution in [3.8, 4) is 11.3 Å². The summed E-state index contributed by atoms with van der Waals surface area (Å²) < 4.78 is 0. The van der Waals surface area contributed by atoms with Gasteiger partial charge >= 0.3 is 0 Å². The fraction of sp³-hybridized carbons (Fsp3) is 0.200. The van der Waals surface area contributed by atoms with E-state index in [1.165, 1.54) is 0 Å². The average Bonchev–Trinajstić information content (AvgIpc) is 2.80. The van der Waals surface area contributed by atoms with Crippen molar-refractivity contribution in [2.75, 3.05) is 5.73 Å². The van der Waals surface area contributed by atoms with Crippen molar-refractivity contribution in [1.82, 2.24) is 9.97 Å². The number of pyridine rings is 1. The fourth-order valence-electron chi connectivity index (χ4n) is 2.08. The first kappa shape index (κ1) is 12.1. The lowest BCUT2D eigenvalue weighted by Crippen LogP contribution is -1.90. The Hall–Kier alpha value is -1.94. The zero-order valence-electron chi connectivity index (χ0n) is 10.9. The summed E-state index contributed by atoms with van der Waals surface area (Å²) in [5, 5.41) is 2.95. The molecule has 96 valence electrons. The Morgan fingerprint density at radius 2 is 1.95 bits per heavy atom. The highest BCUT2D eigenvalue weighted by atomic mass is 32.1. The van der Waals surface area contributed by atoms with E-state index in [0.29, 0.717) is 5.92 Å². The summed E-state index contributed by atoms with van der Waals surface area (Å²) >= 11 is 1.56. The highest BCUT2D eigenvalue weighted by molar-refractivity contribution is 7.16. The van der Waals surface area contributed by atoms with Crippen LogP contribution in [0, 0.1) is 0 Å². The number of nitrogens with zero attached hydrogens (tertiary/aromatic N) is 2. The van der Waals surface area contributed by atoms with E-state index in [0.717, 1.165) is 32.2 Å². The summed E-state index contributed by atoms with van der Waals surface area (Å²) in [6.07, 6.45) is 1.80. The Bertz CT molecular complexity index is 726. The van der Waals surface area contributed by atoms with Crippen molar-refractivity contribution in [2.24, 2.45) is 0 Å². The molecule has 0 fully saturated rings. The molecule has 0 bridgehead atoms. The predicted molar refractivity (Wildman–Crippen MR) is 81.4 cm³/mol. The van der Waals surface area contributed by atoms with Gasteiger partial charge in [-0.05, 0) is 6.07 Å². The van der Waals surface area contributed by atoms with Gasteiger partial charge in [0.05, 0.1) is 10.5 Å². The Balaban J connectivity index is 2.24. The molecule has 0 aliphatic rings. The van der Waals surface area contributed by atoms with E-state index in [4.69, 9.17) is 5.73 Å². The lowest BCUT2D eigenvalue weighted by molar-refractivity contribution is 0.854. The number of anilines is 1. The second-order valence-corrected chi connectivity index (χ2v) is 5.86. The van der Waals surface area contributed by atoms with Gasteiger partial charge < -0.3 is 5.73 Å². The molecule has 1 aromatic carbocycles. The van der Waals surface area contributed by atoms with E-state index in [-0.39, 0.29) is 0 Å².